The lowest BCUT2D eigenvalue weighted by Gasteiger charge is -2.02. The molecule has 0 atom stereocenters. The fourth-order valence-corrected chi connectivity index (χ4v) is 3.70. The summed E-state index contributed by atoms with van der Waals surface area (Å²) in [6, 6.07) is 4.38. The molecule has 0 spiro atoms. The minimum absolute atomic E-state index is 0.0000797. The van der Waals surface area contributed by atoms with E-state index >= 15 is 0 Å². The number of rotatable bonds is 5. The Morgan fingerprint density at radius 3 is 2.68 bits per heavy atom. The molecular formula is C11H12N2O4S2. The molecule has 0 aliphatic heterocycles. The van der Waals surface area contributed by atoms with Crippen molar-refractivity contribution < 1.29 is 18.3 Å². The average molecular weight is 300 g/mol. The molecule has 102 valence electrons. The Morgan fingerprint density at radius 1 is 1.42 bits per heavy atom. The maximum atomic E-state index is 11.9. The van der Waals surface area contributed by atoms with Crippen molar-refractivity contribution in [2.24, 2.45) is 7.05 Å². The van der Waals surface area contributed by atoms with Crippen LogP contribution in [0.3, 0.4) is 0 Å². The van der Waals surface area contributed by atoms with Gasteiger partial charge in [0, 0.05) is 26.0 Å². The number of carbonyl (C=O) groups is 1. The van der Waals surface area contributed by atoms with Crippen LogP contribution in [0.5, 0.6) is 0 Å². The summed E-state index contributed by atoms with van der Waals surface area (Å²) in [5.74, 6) is -1.13. The topological polar surface area (TPSA) is 88.4 Å². The number of sulfonamides is 1. The highest BCUT2D eigenvalue weighted by atomic mass is 32.2. The fourth-order valence-electron chi connectivity index (χ4n) is 1.49. The SMILES string of the molecule is Cn1ccc(CNS(=O)(=O)c2ccc(C(=O)O)s2)c1. The highest BCUT2D eigenvalue weighted by Crippen LogP contribution is 2.21. The summed E-state index contributed by atoms with van der Waals surface area (Å²) in [4.78, 5) is 10.7. The monoisotopic (exact) mass is 300 g/mol. The van der Waals surface area contributed by atoms with Gasteiger partial charge in [0.2, 0.25) is 10.0 Å². The van der Waals surface area contributed by atoms with Gasteiger partial charge in [0.25, 0.3) is 0 Å². The molecule has 2 aromatic heterocycles. The molecule has 0 radical (unpaired) electrons. The van der Waals surface area contributed by atoms with Gasteiger partial charge in [0.15, 0.2) is 0 Å². The molecular weight excluding hydrogens is 288 g/mol. The Morgan fingerprint density at radius 2 is 2.16 bits per heavy atom. The van der Waals surface area contributed by atoms with E-state index in [1.54, 1.807) is 12.3 Å². The molecule has 2 heterocycles. The normalized spacial score (nSPS) is 11.6. The van der Waals surface area contributed by atoms with E-state index < -0.39 is 16.0 Å². The number of hydrogen-bond donors (Lipinski definition) is 2. The Kier molecular flexibility index (Phi) is 3.74. The predicted molar refractivity (Wildman–Crippen MR) is 70.7 cm³/mol. The first-order chi connectivity index (χ1) is 8.88. The molecule has 0 saturated heterocycles. The summed E-state index contributed by atoms with van der Waals surface area (Å²) in [6.45, 7) is 0.170. The molecule has 0 unspecified atom stereocenters. The van der Waals surface area contributed by atoms with Gasteiger partial charge in [0.05, 0.1) is 0 Å². The zero-order chi connectivity index (χ0) is 14.0. The number of carboxylic acid groups (broad SMARTS) is 1. The van der Waals surface area contributed by atoms with Crippen molar-refractivity contribution >= 4 is 27.3 Å². The number of aromatic carboxylic acids is 1. The molecule has 0 bridgehead atoms. The smallest absolute Gasteiger partial charge is 0.345 e. The lowest BCUT2D eigenvalue weighted by Crippen LogP contribution is -2.22. The van der Waals surface area contributed by atoms with Crippen molar-refractivity contribution in [3.05, 3.63) is 41.0 Å². The minimum Gasteiger partial charge on any atom is -0.477 e. The summed E-state index contributed by atoms with van der Waals surface area (Å²) in [5.41, 5.74) is 0.834. The van der Waals surface area contributed by atoms with E-state index in [1.807, 2.05) is 17.8 Å². The van der Waals surface area contributed by atoms with Crippen LogP contribution in [-0.2, 0) is 23.6 Å². The largest absolute Gasteiger partial charge is 0.477 e. The van der Waals surface area contributed by atoms with E-state index in [0.717, 1.165) is 16.9 Å². The van der Waals surface area contributed by atoms with Crippen molar-refractivity contribution in [1.29, 1.82) is 0 Å². The lowest BCUT2D eigenvalue weighted by atomic mass is 10.4. The number of hydrogen-bond acceptors (Lipinski definition) is 4. The van der Waals surface area contributed by atoms with Crippen LogP contribution in [0.4, 0.5) is 0 Å². The summed E-state index contributed by atoms with van der Waals surface area (Å²) in [6.07, 6.45) is 3.62. The third-order valence-electron chi connectivity index (χ3n) is 2.42. The molecule has 2 rings (SSSR count). The molecule has 19 heavy (non-hydrogen) atoms. The first kappa shape index (κ1) is 13.8. The quantitative estimate of drug-likeness (QED) is 0.870. The third kappa shape index (κ3) is 3.22. The van der Waals surface area contributed by atoms with Gasteiger partial charge < -0.3 is 9.67 Å². The third-order valence-corrected chi connectivity index (χ3v) is 5.38. The van der Waals surface area contributed by atoms with Crippen molar-refractivity contribution in [3.63, 3.8) is 0 Å². The van der Waals surface area contributed by atoms with Crippen LogP contribution >= 0.6 is 11.3 Å². The summed E-state index contributed by atoms with van der Waals surface area (Å²) in [5, 5.41) is 8.77. The number of carboxylic acids is 1. The van der Waals surface area contributed by atoms with Gasteiger partial charge in [-0.1, -0.05) is 0 Å². The lowest BCUT2D eigenvalue weighted by molar-refractivity contribution is 0.0702. The van der Waals surface area contributed by atoms with Gasteiger partial charge in [-0.25, -0.2) is 17.9 Å². The second-order valence-electron chi connectivity index (χ2n) is 3.93. The molecule has 0 saturated carbocycles. The van der Waals surface area contributed by atoms with Crippen LogP contribution < -0.4 is 4.72 Å². The van der Waals surface area contributed by atoms with E-state index in [9.17, 15) is 13.2 Å². The van der Waals surface area contributed by atoms with Gasteiger partial charge in [-0.05, 0) is 23.8 Å². The standard InChI is InChI=1S/C11H12N2O4S2/c1-13-5-4-8(7-13)6-12-19(16,17)10-3-2-9(18-10)11(14)15/h2-5,7,12H,6H2,1H3,(H,14,15). The zero-order valence-electron chi connectivity index (χ0n) is 10.0. The molecule has 0 amide bonds. The molecule has 8 heteroatoms. The van der Waals surface area contributed by atoms with Gasteiger partial charge in [0.1, 0.15) is 9.09 Å². The zero-order valence-corrected chi connectivity index (χ0v) is 11.7. The van der Waals surface area contributed by atoms with Crippen molar-refractivity contribution in [1.82, 2.24) is 9.29 Å². The molecule has 6 nitrogen and oxygen atoms in total. The maximum absolute atomic E-state index is 11.9. The van der Waals surface area contributed by atoms with Crippen LogP contribution in [0.1, 0.15) is 15.2 Å². The average Bonchev–Trinajstić information content (AvgIpc) is 2.95. The van der Waals surface area contributed by atoms with Gasteiger partial charge in [-0.15, -0.1) is 11.3 Å². The van der Waals surface area contributed by atoms with Crippen molar-refractivity contribution in [2.75, 3.05) is 0 Å². The molecule has 2 N–H and O–H groups in total. The van der Waals surface area contributed by atoms with Crippen LogP contribution in [-0.4, -0.2) is 24.1 Å². The van der Waals surface area contributed by atoms with E-state index in [-0.39, 0.29) is 15.6 Å². The first-order valence-electron chi connectivity index (χ1n) is 5.32. The van der Waals surface area contributed by atoms with Crippen molar-refractivity contribution in [3.8, 4) is 0 Å². The molecule has 2 aromatic rings. The Hall–Kier alpha value is -1.64. The van der Waals surface area contributed by atoms with E-state index in [0.29, 0.717) is 0 Å². The number of thiophene rings is 1. The second kappa shape index (κ2) is 5.16. The Labute approximate surface area is 114 Å². The highest BCUT2D eigenvalue weighted by molar-refractivity contribution is 7.91. The summed E-state index contributed by atoms with van der Waals surface area (Å²) in [7, 11) is -1.82. The number of aryl methyl sites for hydroxylation is 1. The van der Waals surface area contributed by atoms with E-state index in [2.05, 4.69) is 4.72 Å². The molecule has 0 aliphatic carbocycles. The molecule has 0 fully saturated rings. The number of nitrogens with zero attached hydrogens (tertiary/aromatic N) is 1. The summed E-state index contributed by atoms with van der Waals surface area (Å²) >= 11 is 0.733. The van der Waals surface area contributed by atoms with E-state index in [4.69, 9.17) is 5.11 Å². The van der Waals surface area contributed by atoms with Gasteiger partial charge in [-0.2, -0.15) is 0 Å². The second-order valence-corrected chi connectivity index (χ2v) is 7.01. The molecule has 0 aromatic carbocycles. The predicted octanol–water partition coefficient (Wildman–Crippen LogP) is 1.26. The van der Waals surface area contributed by atoms with Crippen LogP contribution in [0.25, 0.3) is 0 Å². The van der Waals surface area contributed by atoms with Gasteiger partial charge in [-0.3, -0.25) is 0 Å². The molecule has 0 aliphatic rings. The van der Waals surface area contributed by atoms with Crippen molar-refractivity contribution in [2.45, 2.75) is 10.8 Å². The fraction of sp³-hybridized carbons (Fsp3) is 0.182. The van der Waals surface area contributed by atoms with Crippen LogP contribution in [0.15, 0.2) is 34.8 Å². The summed E-state index contributed by atoms with van der Waals surface area (Å²) < 4.78 is 28.1. The van der Waals surface area contributed by atoms with E-state index in [1.165, 1.54) is 12.1 Å². The maximum Gasteiger partial charge on any atom is 0.345 e. The van der Waals surface area contributed by atoms with Crippen LogP contribution in [0, 0.1) is 0 Å². The van der Waals surface area contributed by atoms with Crippen LogP contribution in [0.2, 0.25) is 0 Å². The minimum atomic E-state index is -3.67. The Balaban J connectivity index is 2.11. The Bertz CT molecular complexity index is 700. The number of nitrogens with one attached hydrogen (secondary N) is 1. The first-order valence-corrected chi connectivity index (χ1v) is 7.62. The van der Waals surface area contributed by atoms with Gasteiger partial charge >= 0.3 is 5.97 Å². The highest BCUT2D eigenvalue weighted by Gasteiger charge is 2.18. The number of aromatic nitrogens is 1.